The fourth-order valence-corrected chi connectivity index (χ4v) is 1.69. The minimum absolute atomic E-state index is 0.343. The maximum Gasteiger partial charge on any atom is 0.341 e. The molecule has 0 aromatic heterocycles. The Morgan fingerprint density at radius 3 is 2.50 bits per heavy atom. The van der Waals surface area contributed by atoms with Crippen LogP contribution in [0.2, 0.25) is 0 Å². The fraction of sp³-hybridized carbons (Fsp3) is 0.267. The van der Waals surface area contributed by atoms with Gasteiger partial charge in [-0.2, -0.15) is 0 Å². The van der Waals surface area contributed by atoms with Crippen LogP contribution in [0.1, 0.15) is 19.4 Å². The maximum atomic E-state index is 11.4. The summed E-state index contributed by atoms with van der Waals surface area (Å²) in [6, 6.07) is 9.94. The number of hydrogen-bond donors (Lipinski definition) is 0. The van der Waals surface area contributed by atoms with E-state index in [2.05, 4.69) is 0 Å². The normalized spacial score (nSPS) is 22.8. The van der Waals surface area contributed by atoms with Crippen LogP contribution in [0.25, 0.3) is 6.08 Å². The number of benzene rings is 1. The van der Waals surface area contributed by atoms with Crippen LogP contribution in [0, 0.1) is 0 Å². The van der Waals surface area contributed by atoms with E-state index in [1.54, 1.807) is 26.0 Å². The Morgan fingerprint density at radius 2 is 1.89 bits per heavy atom. The van der Waals surface area contributed by atoms with Gasteiger partial charge in [0.05, 0.1) is 0 Å². The molecule has 2 rings (SSSR count). The van der Waals surface area contributed by atoms with Gasteiger partial charge in [-0.05, 0) is 11.6 Å². The monoisotopic (exact) mass is 244 g/mol. The van der Waals surface area contributed by atoms with Crippen molar-refractivity contribution in [2.75, 3.05) is 0 Å². The number of esters is 1. The minimum atomic E-state index is -0.824. The first-order chi connectivity index (χ1) is 8.57. The molecule has 0 saturated carbocycles. The maximum absolute atomic E-state index is 11.4. The summed E-state index contributed by atoms with van der Waals surface area (Å²) in [7, 11) is 0. The Morgan fingerprint density at radius 1 is 1.17 bits per heavy atom. The van der Waals surface area contributed by atoms with Crippen molar-refractivity contribution in [1.82, 2.24) is 0 Å². The molecule has 0 bridgehead atoms. The molecule has 1 heterocycles. The van der Waals surface area contributed by atoms with Crippen LogP contribution in [-0.2, 0) is 14.3 Å². The molecule has 0 unspecified atom stereocenters. The first kappa shape index (κ1) is 12.6. The Kier molecular flexibility index (Phi) is 3.63. The van der Waals surface area contributed by atoms with E-state index in [1.165, 1.54) is 0 Å². The number of carbonyl (C=O) groups excluding carboxylic acids is 1. The molecule has 1 fully saturated rings. The largest absolute Gasteiger partial charge is 0.431 e. The molecular weight excluding hydrogens is 228 g/mol. The SMILES string of the molecule is CC1(C)OC(=O)[C@@H](/C=C/C=C/c2ccccc2)O1. The molecule has 1 aromatic rings. The molecule has 0 spiro atoms. The van der Waals surface area contributed by atoms with Gasteiger partial charge in [0, 0.05) is 13.8 Å². The van der Waals surface area contributed by atoms with Gasteiger partial charge in [0.1, 0.15) is 0 Å². The molecule has 1 aliphatic heterocycles. The fourth-order valence-electron chi connectivity index (χ4n) is 1.69. The lowest BCUT2D eigenvalue weighted by atomic mass is 10.2. The predicted molar refractivity (Wildman–Crippen MR) is 69.7 cm³/mol. The lowest BCUT2D eigenvalue weighted by molar-refractivity contribution is -0.160. The highest BCUT2D eigenvalue weighted by molar-refractivity contribution is 5.78. The van der Waals surface area contributed by atoms with Crippen LogP contribution in [0.4, 0.5) is 0 Å². The smallest absolute Gasteiger partial charge is 0.341 e. The number of ether oxygens (including phenoxy) is 2. The van der Waals surface area contributed by atoms with Gasteiger partial charge < -0.3 is 9.47 Å². The molecule has 94 valence electrons. The molecule has 1 saturated heterocycles. The molecule has 3 heteroatoms. The molecule has 18 heavy (non-hydrogen) atoms. The van der Waals surface area contributed by atoms with Crippen molar-refractivity contribution >= 4 is 12.0 Å². The van der Waals surface area contributed by atoms with Gasteiger partial charge in [-0.1, -0.05) is 48.6 Å². The van der Waals surface area contributed by atoms with Crippen molar-refractivity contribution in [2.45, 2.75) is 25.7 Å². The molecule has 1 aliphatic rings. The quantitative estimate of drug-likeness (QED) is 0.605. The number of allylic oxidation sites excluding steroid dienone is 2. The van der Waals surface area contributed by atoms with Crippen LogP contribution >= 0.6 is 0 Å². The molecule has 1 aromatic carbocycles. The summed E-state index contributed by atoms with van der Waals surface area (Å²) in [4.78, 5) is 11.4. The van der Waals surface area contributed by atoms with Crippen molar-refractivity contribution in [2.24, 2.45) is 0 Å². The third-order valence-corrected chi connectivity index (χ3v) is 2.47. The van der Waals surface area contributed by atoms with E-state index in [0.29, 0.717) is 0 Å². The van der Waals surface area contributed by atoms with E-state index >= 15 is 0 Å². The van der Waals surface area contributed by atoms with E-state index in [9.17, 15) is 4.79 Å². The van der Waals surface area contributed by atoms with Crippen molar-refractivity contribution in [3.8, 4) is 0 Å². The van der Waals surface area contributed by atoms with E-state index in [-0.39, 0.29) is 5.97 Å². The zero-order valence-electron chi connectivity index (χ0n) is 10.5. The Bertz CT molecular complexity index is 472. The second-order valence-electron chi connectivity index (χ2n) is 4.51. The van der Waals surface area contributed by atoms with Crippen LogP contribution < -0.4 is 0 Å². The Balaban J connectivity index is 1.93. The topological polar surface area (TPSA) is 35.5 Å². The summed E-state index contributed by atoms with van der Waals surface area (Å²) in [5.74, 6) is -1.17. The van der Waals surface area contributed by atoms with Gasteiger partial charge in [0.15, 0.2) is 6.10 Å². The van der Waals surface area contributed by atoms with Crippen molar-refractivity contribution in [1.29, 1.82) is 0 Å². The molecule has 0 aliphatic carbocycles. The van der Waals surface area contributed by atoms with Crippen molar-refractivity contribution in [3.63, 3.8) is 0 Å². The van der Waals surface area contributed by atoms with Gasteiger partial charge in [0.25, 0.3) is 0 Å². The summed E-state index contributed by atoms with van der Waals surface area (Å²) in [6.45, 7) is 3.44. The zero-order chi connectivity index (χ0) is 13.0. The summed E-state index contributed by atoms with van der Waals surface area (Å²) in [5, 5.41) is 0. The van der Waals surface area contributed by atoms with E-state index in [4.69, 9.17) is 9.47 Å². The standard InChI is InChI=1S/C15H16O3/c1-15(2)17-13(14(16)18-15)11-7-6-10-12-8-4-3-5-9-12/h3-11,13H,1-2H3/b10-6+,11-7+/t13-/m1/s1. The molecule has 3 nitrogen and oxygen atoms in total. The third-order valence-electron chi connectivity index (χ3n) is 2.47. The molecule has 1 atom stereocenters. The highest BCUT2D eigenvalue weighted by Gasteiger charge is 2.39. The second kappa shape index (κ2) is 5.19. The average molecular weight is 244 g/mol. The predicted octanol–water partition coefficient (Wildman–Crippen LogP) is 2.93. The number of rotatable bonds is 3. The zero-order valence-corrected chi connectivity index (χ0v) is 10.5. The van der Waals surface area contributed by atoms with Crippen LogP contribution in [-0.4, -0.2) is 17.9 Å². The van der Waals surface area contributed by atoms with Gasteiger partial charge in [-0.15, -0.1) is 0 Å². The first-order valence-corrected chi connectivity index (χ1v) is 5.87. The molecule has 0 radical (unpaired) electrons. The van der Waals surface area contributed by atoms with Gasteiger partial charge in [0.2, 0.25) is 5.79 Å². The minimum Gasteiger partial charge on any atom is -0.431 e. The highest BCUT2D eigenvalue weighted by atomic mass is 16.8. The second-order valence-corrected chi connectivity index (χ2v) is 4.51. The molecular formula is C15H16O3. The molecule has 0 N–H and O–H groups in total. The van der Waals surface area contributed by atoms with Crippen LogP contribution in [0.3, 0.4) is 0 Å². The first-order valence-electron chi connectivity index (χ1n) is 5.87. The van der Waals surface area contributed by atoms with E-state index < -0.39 is 11.9 Å². The number of cyclic esters (lactones) is 1. The van der Waals surface area contributed by atoms with Crippen molar-refractivity contribution in [3.05, 3.63) is 54.1 Å². The lowest BCUT2D eigenvalue weighted by Gasteiger charge is -2.14. The van der Waals surface area contributed by atoms with Gasteiger partial charge in [-0.3, -0.25) is 0 Å². The van der Waals surface area contributed by atoms with Crippen molar-refractivity contribution < 1.29 is 14.3 Å². The summed E-state index contributed by atoms with van der Waals surface area (Å²) in [6.07, 6.45) is 6.70. The van der Waals surface area contributed by atoms with Gasteiger partial charge >= 0.3 is 5.97 Å². The third kappa shape index (κ3) is 3.31. The Labute approximate surface area is 107 Å². The summed E-state index contributed by atoms with van der Waals surface area (Å²) < 4.78 is 10.5. The average Bonchev–Trinajstić information content (AvgIpc) is 2.59. The van der Waals surface area contributed by atoms with Gasteiger partial charge in [-0.25, -0.2) is 4.79 Å². The van der Waals surface area contributed by atoms with Crippen LogP contribution in [0.15, 0.2) is 48.6 Å². The van der Waals surface area contributed by atoms with E-state index in [0.717, 1.165) is 5.56 Å². The highest BCUT2D eigenvalue weighted by Crippen LogP contribution is 2.24. The lowest BCUT2D eigenvalue weighted by Crippen LogP contribution is -2.20. The summed E-state index contributed by atoms with van der Waals surface area (Å²) >= 11 is 0. The number of hydrogen-bond acceptors (Lipinski definition) is 3. The summed E-state index contributed by atoms with van der Waals surface area (Å²) in [5.41, 5.74) is 1.11. The van der Waals surface area contributed by atoms with Crippen LogP contribution in [0.5, 0.6) is 0 Å². The van der Waals surface area contributed by atoms with E-state index in [1.807, 2.05) is 42.5 Å². The Hall–Kier alpha value is -1.87. The molecule has 0 amide bonds. The number of carbonyl (C=O) groups is 1.